The van der Waals surface area contributed by atoms with Gasteiger partial charge in [-0.15, -0.1) is 0 Å². The van der Waals surface area contributed by atoms with Gasteiger partial charge in [-0.1, -0.05) is 72.3 Å². The Morgan fingerprint density at radius 2 is 1.58 bits per heavy atom. The fourth-order valence-corrected chi connectivity index (χ4v) is 4.19. The van der Waals surface area contributed by atoms with Gasteiger partial charge in [0.25, 0.3) is 0 Å². The second-order valence-electron chi connectivity index (χ2n) is 6.70. The molecule has 2 aromatic rings. The average molecular weight is 470 g/mol. The van der Waals surface area contributed by atoms with Gasteiger partial charge in [0, 0.05) is 6.54 Å². The number of carbonyl (C=O) groups is 1. The molecule has 0 aromatic heterocycles. The molecule has 1 aliphatic heterocycles. The van der Waals surface area contributed by atoms with Crippen molar-refractivity contribution in [2.75, 3.05) is 32.4 Å². The summed E-state index contributed by atoms with van der Waals surface area (Å²) < 4.78 is 40.4. The minimum atomic E-state index is -3.95. The van der Waals surface area contributed by atoms with Gasteiger partial charge in [0.05, 0.1) is 39.1 Å². The monoisotopic (exact) mass is 469 g/mol. The van der Waals surface area contributed by atoms with Gasteiger partial charge in [-0.05, 0) is 11.1 Å². The van der Waals surface area contributed by atoms with Gasteiger partial charge < -0.3 is 9.47 Å². The van der Waals surface area contributed by atoms with E-state index in [1.807, 2.05) is 60.7 Å². The zero-order valence-electron chi connectivity index (χ0n) is 16.9. The van der Waals surface area contributed by atoms with E-state index in [0.717, 1.165) is 11.1 Å². The molecule has 0 radical (unpaired) electrons. The second-order valence-corrected chi connectivity index (χ2v) is 8.59. The lowest BCUT2D eigenvalue weighted by molar-refractivity contribution is -0.0264. The van der Waals surface area contributed by atoms with Gasteiger partial charge in [0.2, 0.25) is 0 Å². The molecule has 168 valence electrons. The van der Waals surface area contributed by atoms with Crippen molar-refractivity contribution in [1.82, 2.24) is 4.90 Å². The van der Waals surface area contributed by atoms with Gasteiger partial charge in [0.15, 0.2) is 6.07 Å². The summed E-state index contributed by atoms with van der Waals surface area (Å²) >= 11 is 5.50. The van der Waals surface area contributed by atoms with E-state index in [0.29, 0.717) is 13.2 Å². The maximum atomic E-state index is 13.3. The van der Waals surface area contributed by atoms with Crippen LogP contribution >= 0.6 is 19.4 Å². The number of amides is 1. The molecule has 1 atom stereocenters. The van der Waals surface area contributed by atoms with Crippen LogP contribution in [0.5, 0.6) is 0 Å². The van der Waals surface area contributed by atoms with Crippen LogP contribution in [-0.2, 0) is 40.8 Å². The Morgan fingerprint density at radius 3 is 2.13 bits per heavy atom. The number of phosphoric acid groups is 1. The number of phosphoric ester groups is 1. The lowest BCUT2D eigenvalue weighted by Gasteiger charge is -2.34. The van der Waals surface area contributed by atoms with Crippen LogP contribution in [0.25, 0.3) is 0 Å². The van der Waals surface area contributed by atoms with Crippen LogP contribution in [0.1, 0.15) is 11.1 Å². The summed E-state index contributed by atoms with van der Waals surface area (Å²) in [6.07, 6.45) is -0.586. The number of alkyl halides is 1. The molecule has 31 heavy (non-hydrogen) atoms. The van der Waals surface area contributed by atoms with Gasteiger partial charge in [0.1, 0.15) is 0 Å². The van der Waals surface area contributed by atoms with Crippen LogP contribution in [0.15, 0.2) is 60.7 Å². The van der Waals surface area contributed by atoms with Crippen LogP contribution in [0, 0.1) is 0 Å². The Morgan fingerprint density at radius 1 is 1.00 bits per heavy atom. The number of halogens is 1. The number of morpholine rings is 1. The number of ether oxygens (including phenoxy) is 2. The van der Waals surface area contributed by atoms with E-state index in [2.05, 4.69) is 0 Å². The van der Waals surface area contributed by atoms with Crippen LogP contribution in [0.4, 0.5) is 4.79 Å². The van der Waals surface area contributed by atoms with Crippen molar-refractivity contribution in [3.8, 4) is 0 Å². The van der Waals surface area contributed by atoms with E-state index in [1.165, 1.54) is 4.90 Å². The van der Waals surface area contributed by atoms with Crippen molar-refractivity contribution < 1.29 is 32.4 Å². The first-order valence-corrected chi connectivity index (χ1v) is 11.8. The Bertz CT molecular complexity index is 808. The summed E-state index contributed by atoms with van der Waals surface area (Å²) in [7, 11) is -3.95. The molecule has 2 aromatic carbocycles. The lowest BCUT2D eigenvalue weighted by Crippen LogP contribution is -2.50. The fraction of sp³-hybridized carbons (Fsp3) is 0.381. The van der Waals surface area contributed by atoms with E-state index in [1.54, 1.807) is 0 Å². The van der Waals surface area contributed by atoms with E-state index in [9.17, 15) is 9.36 Å². The molecule has 1 fully saturated rings. The molecule has 0 unspecified atom stereocenters. The molecule has 0 bridgehead atoms. The number of benzene rings is 2. The smallest absolute Gasteiger partial charge is 0.433 e. The van der Waals surface area contributed by atoms with Crippen molar-refractivity contribution >= 4 is 25.5 Å². The zero-order chi connectivity index (χ0) is 21.9. The number of hydrogen-bond acceptors (Lipinski definition) is 7. The molecular formula is C21H25ClNO7P. The molecule has 3 rings (SSSR count). The number of hydrogen-bond donors (Lipinski definition) is 0. The highest BCUT2D eigenvalue weighted by Crippen LogP contribution is 2.51. The Labute approximate surface area is 186 Å². The highest BCUT2D eigenvalue weighted by molar-refractivity contribution is 7.48. The van der Waals surface area contributed by atoms with Gasteiger partial charge in [-0.2, -0.15) is 0 Å². The van der Waals surface area contributed by atoms with Crippen molar-refractivity contribution in [2.24, 2.45) is 0 Å². The topological polar surface area (TPSA) is 83.5 Å². The first-order chi connectivity index (χ1) is 15.1. The third-order valence-electron chi connectivity index (χ3n) is 4.53. The molecule has 0 aliphatic carbocycles. The van der Waals surface area contributed by atoms with E-state index >= 15 is 0 Å². The Hall–Kier alpha value is -1.93. The van der Waals surface area contributed by atoms with Gasteiger partial charge >= 0.3 is 13.9 Å². The van der Waals surface area contributed by atoms with Crippen molar-refractivity contribution in [3.63, 3.8) is 0 Å². The standard InChI is InChI=1S/C21H25ClNO7P/c22-17-27-21(24)23-11-12-26-15-20(23)16-30-31(25,28-13-18-7-3-1-4-8-18)29-14-19-9-5-2-6-10-19/h1-10,20H,11-17H2/t20-/m1/s1. The molecular weight excluding hydrogens is 445 g/mol. The summed E-state index contributed by atoms with van der Waals surface area (Å²) in [6.45, 7) is 0.857. The third-order valence-corrected chi connectivity index (χ3v) is 5.99. The normalized spacial score (nSPS) is 16.8. The Kier molecular flexibility index (Phi) is 9.33. The number of rotatable bonds is 10. The minimum Gasteiger partial charge on any atom is -0.433 e. The summed E-state index contributed by atoms with van der Waals surface area (Å²) in [5.74, 6) is 0. The minimum absolute atomic E-state index is 0.0477. The molecule has 0 N–H and O–H groups in total. The van der Waals surface area contributed by atoms with E-state index in [-0.39, 0.29) is 32.5 Å². The molecule has 0 spiro atoms. The molecule has 1 aliphatic rings. The molecule has 1 saturated heterocycles. The summed E-state index contributed by atoms with van der Waals surface area (Å²) in [6, 6.07) is 17.8. The lowest BCUT2D eigenvalue weighted by atomic mass is 10.2. The molecule has 10 heteroatoms. The predicted molar refractivity (Wildman–Crippen MR) is 115 cm³/mol. The van der Waals surface area contributed by atoms with Crippen molar-refractivity contribution in [3.05, 3.63) is 71.8 Å². The number of nitrogens with zero attached hydrogens (tertiary/aromatic N) is 1. The molecule has 1 amide bonds. The fourth-order valence-electron chi connectivity index (χ4n) is 2.91. The molecule has 0 saturated carbocycles. The van der Waals surface area contributed by atoms with Crippen LogP contribution in [-0.4, -0.2) is 49.5 Å². The number of carbonyl (C=O) groups excluding carboxylic acids is 1. The second kappa shape index (κ2) is 12.2. The van der Waals surface area contributed by atoms with Crippen LogP contribution in [0.3, 0.4) is 0 Å². The molecule has 1 heterocycles. The first kappa shape index (κ1) is 23.7. The highest BCUT2D eigenvalue weighted by Gasteiger charge is 2.34. The maximum absolute atomic E-state index is 13.3. The van der Waals surface area contributed by atoms with E-state index < -0.39 is 20.0 Å². The molecule has 8 nitrogen and oxygen atoms in total. The average Bonchev–Trinajstić information content (AvgIpc) is 2.82. The predicted octanol–water partition coefficient (Wildman–Crippen LogP) is 4.58. The Balaban J connectivity index is 1.65. The zero-order valence-corrected chi connectivity index (χ0v) is 18.6. The van der Waals surface area contributed by atoms with Crippen LogP contribution in [0.2, 0.25) is 0 Å². The van der Waals surface area contributed by atoms with Gasteiger partial charge in [-0.25, -0.2) is 9.36 Å². The van der Waals surface area contributed by atoms with Crippen LogP contribution < -0.4 is 0 Å². The van der Waals surface area contributed by atoms with Gasteiger partial charge in [-0.3, -0.25) is 18.5 Å². The summed E-state index contributed by atoms with van der Waals surface area (Å²) in [4.78, 5) is 13.6. The first-order valence-electron chi connectivity index (χ1n) is 9.78. The largest absolute Gasteiger partial charge is 0.475 e. The highest BCUT2D eigenvalue weighted by atomic mass is 35.5. The van der Waals surface area contributed by atoms with E-state index in [4.69, 9.17) is 34.6 Å². The van der Waals surface area contributed by atoms with Crippen molar-refractivity contribution in [1.29, 1.82) is 0 Å². The quantitative estimate of drug-likeness (QED) is 0.372. The third kappa shape index (κ3) is 7.61. The van der Waals surface area contributed by atoms with Crippen molar-refractivity contribution in [2.45, 2.75) is 19.3 Å². The summed E-state index contributed by atoms with van der Waals surface area (Å²) in [5, 5.41) is 0. The maximum Gasteiger partial charge on any atom is 0.475 e. The SMILES string of the molecule is O=C(OCCl)N1CCOC[C@@H]1COP(=O)(OCc1ccccc1)OCc1ccccc1. The summed E-state index contributed by atoms with van der Waals surface area (Å²) in [5.41, 5.74) is 1.64.